The van der Waals surface area contributed by atoms with Crippen LogP contribution >= 0.6 is 0 Å². The number of benzene rings is 1. The third kappa shape index (κ3) is 6.01. The number of hydrogen-bond donors (Lipinski definition) is 0. The molecule has 1 unspecified atom stereocenters. The van der Waals surface area contributed by atoms with E-state index in [4.69, 9.17) is 4.74 Å². The lowest BCUT2D eigenvalue weighted by Crippen LogP contribution is -2.48. The highest BCUT2D eigenvalue weighted by Crippen LogP contribution is 2.34. The SMILES string of the molecule is COc1cccc(CC(C2CCN(C(=O)/C=C/c3ccncc3)CC2)N(C)C(=O)C2CC2)c1. The van der Waals surface area contributed by atoms with Crippen LogP contribution in [0, 0.1) is 11.8 Å². The van der Waals surface area contributed by atoms with E-state index in [1.54, 1.807) is 25.6 Å². The molecule has 33 heavy (non-hydrogen) atoms. The normalized spacial score (nSPS) is 17.7. The molecule has 0 bridgehead atoms. The first kappa shape index (κ1) is 23.0. The molecule has 1 aliphatic carbocycles. The molecule has 2 aliphatic rings. The van der Waals surface area contributed by atoms with E-state index >= 15 is 0 Å². The van der Waals surface area contributed by atoms with Gasteiger partial charge < -0.3 is 14.5 Å². The maximum atomic E-state index is 12.9. The van der Waals surface area contributed by atoms with Crippen LogP contribution in [0.5, 0.6) is 5.75 Å². The van der Waals surface area contributed by atoms with Gasteiger partial charge in [-0.15, -0.1) is 0 Å². The average molecular weight is 448 g/mol. The van der Waals surface area contributed by atoms with Gasteiger partial charge in [-0.2, -0.15) is 0 Å². The van der Waals surface area contributed by atoms with Crippen molar-refractivity contribution >= 4 is 17.9 Å². The van der Waals surface area contributed by atoms with Crippen molar-refractivity contribution in [2.45, 2.75) is 38.1 Å². The number of carbonyl (C=O) groups excluding carboxylic acids is 2. The second kappa shape index (κ2) is 10.6. The number of hydrogen-bond acceptors (Lipinski definition) is 4. The van der Waals surface area contributed by atoms with Crippen molar-refractivity contribution in [3.05, 3.63) is 66.0 Å². The number of rotatable bonds is 8. The van der Waals surface area contributed by atoms with Crippen LogP contribution in [0.3, 0.4) is 0 Å². The van der Waals surface area contributed by atoms with Gasteiger partial charge in [0.1, 0.15) is 5.75 Å². The van der Waals surface area contributed by atoms with E-state index in [-0.39, 0.29) is 23.8 Å². The van der Waals surface area contributed by atoms with Crippen LogP contribution in [0.1, 0.15) is 36.8 Å². The fourth-order valence-electron chi connectivity index (χ4n) is 4.69. The van der Waals surface area contributed by atoms with Crippen LogP contribution in [-0.4, -0.2) is 59.9 Å². The third-order valence-corrected chi connectivity index (χ3v) is 6.87. The van der Waals surface area contributed by atoms with Crippen molar-refractivity contribution in [2.24, 2.45) is 11.8 Å². The number of aromatic nitrogens is 1. The van der Waals surface area contributed by atoms with Crippen molar-refractivity contribution in [3.63, 3.8) is 0 Å². The first-order chi connectivity index (χ1) is 16.0. The van der Waals surface area contributed by atoms with Gasteiger partial charge in [0.05, 0.1) is 7.11 Å². The van der Waals surface area contributed by atoms with Gasteiger partial charge in [-0.1, -0.05) is 12.1 Å². The number of likely N-dealkylation sites (tertiary alicyclic amines) is 1. The summed E-state index contributed by atoms with van der Waals surface area (Å²) in [4.78, 5) is 33.5. The van der Waals surface area contributed by atoms with E-state index in [0.29, 0.717) is 19.0 Å². The molecule has 2 heterocycles. The summed E-state index contributed by atoms with van der Waals surface area (Å²) in [6, 6.07) is 12.0. The fraction of sp³-hybridized carbons (Fsp3) is 0.444. The lowest BCUT2D eigenvalue weighted by molar-refractivity contribution is -0.136. The van der Waals surface area contributed by atoms with Gasteiger partial charge in [-0.05, 0) is 79.5 Å². The topological polar surface area (TPSA) is 62.7 Å². The molecule has 0 radical (unpaired) electrons. The minimum absolute atomic E-state index is 0.0389. The first-order valence-corrected chi connectivity index (χ1v) is 11.8. The van der Waals surface area contributed by atoms with Crippen LogP contribution in [-0.2, 0) is 16.0 Å². The Morgan fingerprint density at radius 2 is 1.88 bits per heavy atom. The molecule has 6 nitrogen and oxygen atoms in total. The van der Waals surface area contributed by atoms with Crippen LogP contribution in [0.4, 0.5) is 0 Å². The Morgan fingerprint density at radius 1 is 1.15 bits per heavy atom. The Kier molecular flexibility index (Phi) is 7.43. The van der Waals surface area contributed by atoms with E-state index in [2.05, 4.69) is 17.1 Å². The average Bonchev–Trinajstić information content (AvgIpc) is 3.71. The zero-order valence-corrected chi connectivity index (χ0v) is 19.5. The molecule has 1 aliphatic heterocycles. The summed E-state index contributed by atoms with van der Waals surface area (Å²) in [7, 11) is 3.63. The van der Waals surface area contributed by atoms with E-state index in [9.17, 15) is 9.59 Å². The predicted octanol–water partition coefficient (Wildman–Crippen LogP) is 3.82. The standard InChI is InChI=1S/C27H33N3O3/c1-29(27(32)23-7-8-23)25(19-21-4-3-5-24(18-21)33-2)22-12-16-30(17-13-22)26(31)9-6-20-10-14-28-15-11-20/h3-6,9-11,14-15,18,22-23,25H,7-8,12-13,16-17,19H2,1-2H3/b9-6+. The van der Waals surface area contributed by atoms with Crippen LogP contribution < -0.4 is 4.74 Å². The Labute approximate surface area is 196 Å². The number of nitrogens with zero attached hydrogens (tertiary/aromatic N) is 3. The van der Waals surface area contributed by atoms with Crippen LogP contribution in [0.25, 0.3) is 6.08 Å². The minimum Gasteiger partial charge on any atom is -0.497 e. The summed E-state index contributed by atoms with van der Waals surface area (Å²) < 4.78 is 5.40. The summed E-state index contributed by atoms with van der Waals surface area (Å²) in [6.45, 7) is 1.43. The predicted molar refractivity (Wildman–Crippen MR) is 129 cm³/mol. The third-order valence-electron chi connectivity index (χ3n) is 6.87. The van der Waals surface area contributed by atoms with Crippen molar-refractivity contribution in [1.29, 1.82) is 0 Å². The van der Waals surface area contributed by atoms with Crippen LogP contribution in [0.2, 0.25) is 0 Å². The van der Waals surface area contributed by atoms with E-state index < -0.39 is 0 Å². The highest BCUT2D eigenvalue weighted by molar-refractivity contribution is 5.91. The quantitative estimate of drug-likeness (QED) is 0.577. The highest BCUT2D eigenvalue weighted by Gasteiger charge is 2.38. The number of amides is 2. The number of piperidine rings is 1. The van der Waals surface area contributed by atoms with E-state index in [0.717, 1.165) is 43.4 Å². The summed E-state index contributed by atoms with van der Waals surface area (Å²) in [5.41, 5.74) is 2.14. The molecular weight excluding hydrogens is 414 g/mol. The molecule has 1 aromatic heterocycles. The van der Waals surface area contributed by atoms with Crippen LogP contribution in [0.15, 0.2) is 54.9 Å². The molecule has 1 aromatic carbocycles. The van der Waals surface area contributed by atoms with Gasteiger partial charge >= 0.3 is 0 Å². The Bertz CT molecular complexity index is 979. The Morgan fingerprint density at radius 3 is 2.55 bits per heavy atom. The molecule has 0 N–H and O–H groups in total. The number of methoxy groups -OCH3 is 1. The number of likely N-dealkylation sites (N-methyl/N-ethyl adjacent to an activating group) is 1. The van der Waals surface area contributed by atoms with Gasteiger partial charge in [-0.25, -0.2) is 0 Å². The van der Waals surface area contributed by atoms with Gasteiger partial charge in [0.2, 0.25) is 11.8 Å². The molecule has 174 valence electrons. The van der Waals surface area contributed by atoms with Crippen molar-refractivity contribution in [1.82, 2.24) is 14.8 Å². The van der Waals surface area contributed by atoms with Crippen molar-refractivity contribution in [2.75, 3.05) is 27.2 Å². The molecule has 1 atom stereocenters. The summed E-state index contributed by atoms with van der Waals surface area (Å²) in [5, 5.41) is 0. The molecule has 1 saturated heterocycles. The van der Waals surface area contributed by atoms with Crippen molar-refractivity contribution in [3.8, 4) is 5.75 Å². The van der Waals surface area contributed by atoms with Gasteiger partial charge in [-0.3, -0.25) is 14.6 Å². The Balaban J connectivity index is 1.41. The summed E-state index contributed by atoms with van der Waals surface area (Å²) in [6.07, 6.45) is 11.5. The largest absolute Gasteiger partial charge is 0.497 e. The molecule has 2 amide bonds. The Hall–Kier alpha value is -3.15. The molecule has 6 heteroatoms. The smallest absolute Gasteiger partial charge is 0.246 e. The molecule has 2 aromatic rings. The van der Waals surface area contributed by atoms with E-state index in [1.807, 2.05) is 47.2 Å². The van der Waals surface area contributed by atoms with Gasteiger partial charge in [0.15, 0.2) is 0 Å². The second-order valence-corrected chi connectivity index (χ2v) is 9.12. The monoisotopic (exact) mass is 447 g/mol. The molecule has 4 rings (SSSR count). The van der Waals surface area contributed by atoms with Gasteiger partial charge in [0.25, 0.3) is 0 Å². The fourth-order valence-corrected chi connectivity index (χ4v) is 4.69. The number of pyridine rings is 1. The van der Waals surface area contributed by atoms with E-state index in [1.165, 1.54) is 5.56 Å². The maximum Gasteiger partial charge on any atom is 0.246 e. The maximum absolute atomic E-state index is 12.9. The molecule has 2 fully saturated rings. The first-order valence-electron chi connectivity index (χ1n) is 11.8. The van der Waals surface area contributed by atoms with Crippen molar-refractivity contribution < 1.29 is 14.3 Å². The molecular formula is C27H33N3O3. The zero-order valence-electron chi connectivity index (χ0n) is 19.5. The molecule has 1 saturated carbocycles. The second-order valence-electron chi connectivity index (χ2n) is 9.12. The lowest BCUT2D eigenvalue weighted by atomic mass is 9.84. The number of carbonyl (C=O) groups is 2. The minimum atomic E-state index is 0.0389. The number of ether oxygens (including phenoxy) is 1. The molecule has 0 spiro atoms. The highest BCUT2D eigenvalue weighted by atomic mass is 16.5. The van der Waals surface area contributed by atoms with Gasteiger partial charge in [0, 0.05) is 50.6 Å². The summed E-state index contributed by atoms with van der Waals surface area (Å²) >= 11 is 0. The lowest BCUT2D eigenvalue weighted by Gasteiger charge is -2.40. The summed E-state index contributed by atoms with van der Waals surface area (Å²) in [5.74, 6) is 1.70. The zero-order chi connectivity index (χ0) is 23.2.